The molecule has 0 saturated heterocycles. The normalized spacial score (nSPS) is 11.0. The van der Waals surface area contributed by atoms with Crippen molar-refractivity contribution in [3.63, 3.8) is 0 Å². The van der Waals surface area contributed by atoms with Crippen molar-refractivity contribution in [3.05, 3.63) is 30.2 Å². The van der Waals surface area contributed by atoms with Gasteiger partial charge in [-0.25, -0.2) is 0 Å². The van der Waals surface area contributed by atoms with Gasteiger partial charge in [-0.15, -0.1) is 10.2 Å². The molecular formula is C15H21N3O2. The van der Waals surface area contributed by atoms with Crippen LogP contribution in [0.4, 0.5) is 0 Å². The molecule has 1 N–H and O–H groups in total. The molecule has 2 aromatic rings. The molecule has 1 heterocycles. The van der Waals surface area contributed by atoms with Crippen molar-refractivity contribution in [2.24, 2.45) is 0 Å². The Morgan fingerprint density at radius 3 is 2.80 bits per heavy atom. The van der Waals surface area contributed by atoms with Crippen molar-refractivity contribution in [2.45, 2.75) is 33.2 Å². The summed E-state index contributed by atoms with van der Waals surface area (Å²) >= 11 is 0. The number of ether oxygens (including phenoxy) is 1. The summed E-state index contributed by atoms with van der Waals surface area (Å²) in [5.74, 6) is 1.92. The highest BCUT2D eigenvalue weighted by molar-refractivity contribution is 5.62. The van der Waals surface area contributed by atoms with Crippen LogP contribution in [0.15, 0.2) is 28.7 Å². The molecule has 0 saturated carbocycles. The van der Waals surface area contributed by atoms with Crippen molar-refractivity contribution >= 4 is 0 Å². The van der Waals surface area contributed by atoms with E-state index in [1.54, 1.807) is 0 Å². The van der Waals surface area contributed by atoms with E-state index in [0.29, 0.717) is 24.4 Å². The predicted molar refractivity (Wildman–Crippen MR) is 77.7 cm³/mol. The minimum absolute atomic E-state index is 0.455. The van der Waals surface area contributed by atoms with E-state index in [4.69, 9.17) is 9.15 Å². The summed E-state index contributed by atoms with van der Waals surface area (Å²) in [6.07, 6.45) is 0.724. The second-order valence-corrected chi connectivity index (χ2v) is 4.79. The van der Waals surface area contributed by atoms with Crippen LogP contribution in [0.2, 0.25) is 0 Å². The monoisotopic (exact) mass is 275 g/mol. The van der Waals surface area contributed by atoms with Gasteiger partial charge in [0.25, 0.3) is 5.89 Å². The molecule has 0 bridgehead atoms. The molecular weight excluding hydrogens is 254 g/mol. The minimum atomic E-state index is 0.455. The smallest absolute Gasteiger partial charge is 0.251 e. The van der Waals surface area contributed by atoms with E-state index in [1.165, 1.54) is 0 Å². The summed E-state index contributed by atoms with van der Waals surface area (Å²) in [6, 6.07) is 8.15. The third-order valence-corrected chi connectivity index (χ3v) is 2.78. The molecule has 5 nitrogen and oxygen atoms in total. The second-order valence-electron chi connectivity index (χ2n) is 4.79. The molecule has 0 aliphatic rings. The van der Waals surface area contributed by atoms with Gasteiger partial charge in [-0.2, -0.15) is 0 Å². The van der Waals surface area contributed by atoms with Gasteiger partial charge in [-0.3, -0.25) is 0 Å². The Kier molecular flexibility index (Phi) is 5.12. The van der Waals surface area contributed by atoms with Crippen molar-refractivity contribution in [1.29, 1.82) is 0 Å². The van der Waals surface area contributed by atoms with Gasteiger partial charge >= 0.3 is 0 Å². The average molecular weight is 275 g/mol. The number of rotatable bonds is 7. The SMILES string of the molecule is CCOc1ccccc1-c1nnc(CCNC(C)C)o1. The molecule has 0 aliphatic carbocycles. The summed E-state index contributed by atoms with van der Waals surface area (Å²) < 4.78 is 11.3. The first-order valence-electron chi connectivity index (χ1n) is 6.98. The van der Waals surface area contributed by atoms with Gasteiger partial charge in [0.05, 0.1) is 12.2 Å². The fourth-order valence-corrected chi connectivity index (χ4v) is 1.86. The Labute approximate surface area is 119 Å². The van der Waals surface area contributed by atoms with Crippen molar-refractivity contribution < 1.29 is 9.15 Å². The zero-order valence-corrected chi connectivity index (χ0v) is 12.2. The third-order valence-electron chi connectivity index (χ3n) is 2.78. The van der Waals surface area contributed by atoms with E-state index in [9.17, 15) is 0 Å². The van der Waals surface area contributed by atoms with E-state index < -0.39 is 0 Å². The molecule has 0 spiro atoms. The number of nitrogens with one attached hydrogen (secondary N) is 1. The van der Waals surface area contributed by atoms with Crippen LogP contribution in [0.5, 0.6) is 5.75 Å². The highest BCUT2D eigenvalue weighted by Crippen LogP contribution is 2.28. The predicted octanol–water partition coefficient (Wildman–Crippen LogP) is 2.68. The maximum atomic E-state index is 5.70. The zero-order valence-electron chi connectivity index (χ0n) is 12.2. The molecule has 2 rings (SSSR count). The van der Waals surface area contributed by atoms with Gasteiger partial charge < -0.3 is 14.5 Å². The van der Waals surface area contributed by atoms with Gasteiger partial charge in [0.15, 0.2) is 0 Å². The van der Waals surface area contributed by atoms with Crippen LogP contribution >= 0.6 is 0 Å². The standard InChI is InChI=1S/C15H21N3O2/c1-4-19-13-8-6-5-7-12(13)15-18-17-14(20-15)9-10-16-11(2)3/h5-8,11,16H,4,9-10H2,1-3H3. The topological polar surface area (TPSA) is 60.2 Å². The first-order chi connectivity index (χ1) is 9.70. The fraction of sp³-hybridized carbons (Fsp3) is 0.467. The van der Waals surface area contributed by atoms with Crippen LogP contribution in [0, 0.1) is 0 Å². The van der Waals surface area contributed by atoms with E-state index in [-0.39, 0.29) is 0 Å². The number of hydrogen-bond acceptors (Lipinski definition) is 5. The van der Waals surface area contributed by atoms with Crippen molar-refractivity contribution in [1.82, 2.24) is 15.5 Å². The van der Waals surface area contributed by atoms with E-state index in [0.717, 1.165) is 24.3 Å². The van der Waals surface area contributed by atoms with Crippen LogP contribution in [0.3, 0.4) is 0 Å². The second kappa shape index (κ2) is 7.05. The Hall–Kier alpha value is -1.88. The Bertz CT molecular complexity index is 537. The summed E-state index contributed by atoms with van der Waals surface area (Å²) in [5, 5.41) is 11.5. The van der Waals surface area contributed by atoms with Crippen molar-refractivity contribution in [2.75, 3.05) is 13.2 Å². The number of benzene rings is 1. The van der Waals surface area contributed by atoms with Crippen molar-refractivity contribution in [3.8, 4) is 17.2 Å². The molecule has 0 amide bonds. The lowest BCUT2D eigenvalue weighted by Gasteiger charge is -2.06. The highest BCUT2D eigenvalue weighted by Gasteiger charge is 2.13. The quantitative estimate of drug-likeness (QED) is 0.841. The first kappa shape index (κ1) is 14.5. The van der Waals surface area contributed by atoms with E-state index in [1.807, 2.05) is 31.2 Å². The van der Waals surface area contributed by atoms with Gasteiger partial charge in [0.1, 0.15) is 5.75 Å². The lowest BCUT2D eigenvalue weighted by atomic mass is 10.2. The average Bonchev–Trinajstić information content (AvgIpc) is 2.88. The molecule has 0 fully saturated rings. The summed E-state index contributed by atoms with van der Waals surface area (Å²) in [7, 11) is 0. The molecule has 1 aromatic heterocycles. The maximum absolute atomic E-state index is 5.70. The molecule has 108 valence electrons. The minimum Gasteiger partial charge on any atom is -0.493 e. The maximum Gasteiger partial charge on any atom is 0.251 e. The number of nitrogens with zero attached hydrogens (tertiary/aromatic N) is 2. The van der Waals surface area contributed by atoms with Crippen LogP contribution in [-0.4, -0.2) is 29.4 Å². The molecule has 0 radical (unpaired) electrons. The van der Waals surface area contributed by atoms with Gasteiger partial charge in [0.2, 0.25) is 5.89 Å². The molecule has 0 aliphatic heterocycles. The molecule has 5 heteroatoms. The highest BCUT2D eigenvalue weighted by atomic mass is 16.5. The summed E-state index contributed by atoms with van der Waals surface area (Å²) in [5.41, 5.74) is 0.838. The van der Waals surface area contributed by atoms with Gasteiger partial charge in [-0.1, -0.05) is 26.0 Å². The van der Waals surface area contributed by atoms with Gasteiger partial charge in [0, 0.05) is 19.0 Å². The molecule has 1 aromatic carbocycles. The Morgan fingerprint density at radius 1 is 1.25 bits per heavy atom. The lowest BCUT2D eigenvalue weighted by Crippen LogP contribution is -2.25. The van der Waals surface area contributed by atoms with E-state index in [2.05, 4.69) is 29.4 Å². The number of para-hydroxylation sites is 1. The number of hydrogen-bond donors (Lipinski definition) is 1. The van der Waals surface area contributed by atoms with Crippen LogP contribution in [-0.2, 0) is 6.42 Å². The van der Waals surface area contributed by atoms with Gasteiger partial charge in [-0.05, 0) is 19.1 Å². The molecule has 0 unspecified atom stereocenters. The van der Waals surface area contributed by atoms with E-state index >= 15 is 0 Å². The largest absolute Gasteiger partial charge is 0.493 e. The molecule has 20 heavy (non-hydrogen) atoms. The zero-order chi connectivity index (χ0) is 14.4. The van der Waals surface area contributed by atoms with Crippen LogP contribution < -0.4 is 10.1 Å². The Balaban J connectivity index is 2.08. The van der Waals surface area contributed by atoms with Crippen LogP contribution in [0.1, 0.15) is 26.7 Å². The number of aromatic nitrogens is 2. The lowest BCUT2D eigenvalue weighted by molar-refractivity contribution is 0.340. The Morgan fingerprint density at radius 2 is 2.05 bits per heavy atom. The first-order valence-corrected chi connectivity index (χ1v) is 6.98. The van der Waals surface area contributed by atoms with Crippen LogP contribution in [0.25, 0.3) is 11.5 Å². The molecule has 0 atom stereocenters. The summed E-state index contributed by atoms with van der Waals surface area (Å²) in [6.45, 7) is 7.60. The summed E-state index contributed by atoms with van der Waals surface area (Å²) in [4.78, 5) is 0. The third kappa shape index (κ3) is 3.81. The fourth-order valence-electron chi connectivity index (χ4n) is 1.86.